The van der Waals surface area contributed by atoms with E-state index in [2.05, 4.69) is 5.32 Å². The van der Waals surface area contributed by atoms with Crippen LogP contribution < -0.4 is 5.32 Å². The molecule has 0 saturated heterocycles. The molecule has 0 fully saturated rings. The molecular formula is C13H20N2O3. The minimum absolute atomic E-state index is 0.00989. The van der Waals surface area contributed by atoms with Crippen LogP contribution in [-0.4, -0.2) is 29.8 Å². The highest BCUT2D eigenvalue weighted by atomic mass is 16.3. The van der Waals surface area contributed by atoms with E-state index in [1.807, 2.05) is 6.92 Å². The monoisotopic (exact) mass is 252 g/mol. The second-order valence-electron chi connectivity index (χ2n) is 4.11. The molecule has 1 heterocycles. The van der Waals surface area contributed by atoms with Crippen molar-refractivity contribution in [1.82, 2.24) is 10.2 Å². The predicted molar refractivity (Wildman–Crippen MR) is 67.7 cm³/mol. The molecule has 18 heavy (non-hydrogen) atoms. The van der Waals surface area contributed by atoms with Crippen molar-refractivity contribution in [3.63, 3.8) is 0 Å². The molecule has 5 heteroatoms. The predicted octanol–water partition coefficient (Wildman–Crippen LogP) is 1.54. The molecule has 5 nitrogen and oxygen atoms in total. The van der Waals surface area contributed by atoms with E-state index in [0.717, 1.165) is 12.2 Å². The molecule has 0 atom stereocenters. The SMILES string of the molecule is CCCN(CCC(=O)NCc1ccco1)C(C)=O. The van der Waals surface area contributed by atoms with Gasteiger partial charge in [-0.1, -0.05) is 6.92 Å². The Hall–Kier alpha value is -1.78. The van der Waals surface area contributed by atoms with Crippen LogP contribution in [0.3, 0.4) is 0 Å². The molecule has 100 valence electrons. The number of amides is 2. The van der Waals surface area contributed by atoms with Crippen LogP contribution in [-0.2, 0) is 16.1 Å². The third kappa shape index (κ3) is 5.03. The summed E-state index contributed by atoms with van der Waals surface area (Å²) >= 11 is 0. The second-order valence-corrected chi connectivity index (χ2v) is 4.11. The van der Waals surface area contributed by atoms with E-state index in [1.54, 1.807) is 23.3 Å². The third-order valence-electron chi connectivity index (χ3n) is 2.59. The van der Waals surface area contributed by atoms with Crippen LogP contribution in [0.1, 0.15) is 32.4 Å². The zero-order valence-electron chi connectivity index (χ0n) is 10.9. The Labute approximate surface area is 107 Å². The lowest BCUT2D eigenvalue weighted by molar-refractivity contribution is -0.129. The van der Waals surface area contributed by atoms with Crippen molar-refractivity contribution in [2.45, 2.75) is 33.2 Å². The average molecular weight is 252 g/mol. The maximum atomic E-state index is 11.6. The van der Waals surface area contributed by atoms with Gasteiger partial charge in [-0.25, -0.2) is 0 Å². The molecule has 0 bridgehead atoms. The van der Waals surface area contributed by atoms with E-state index >= 15 is 0 Å². The number of carbonyl (C=O) groups is 2. The van der Waals surface area contributed by atoms with Crippen LogP contribution >= 0.6 is 0 Å². The smallest absolute Gasteiger partial charge is 0.222 e. The van der Waals surface area contributed by atoms with Gasteiger partial charge in [0, 0.05) is 26.4 Å². The molecule has 0 aliphatic carbocycles. The molecule has 0 radical (unpaired) electrons. The van der Waals surface area contributed by atoms with Gasteiger partial charge >= 0.3 is 0 Å². The number of furan rings is 1. The van der Waals surface area contributed by atoms with Crippen molar-refractivity contribution in [2.75, 3.05) is 13.1 Å². The van der Waals surface area contributed by atoms with Gasteiger partial charge in [0.05, 0.1) is 12.8 Å². The number of nitrogens with one attached hydrogen (secondary N) is 1. The van der Waals surface area contributed by atoms with Gasteiger partial charge in [0.1, 0.15) is 5.76 Å². The molecule has 0 saturated carbocycles. The first-order valence-corrected chi connectivity index (χ1v) is 6.18. The molecule has 0 unspecified atom stereocenters. The van der Waals surface area contributed by atoms with E-state index in [-0.39, 0.29) is 11.8 Å². The van der Waals surface area contributed by atoms with Crippen LogP contribution in [0, 0.1) is 0 Å². The standard InChI is InChI=1S/C13H20N2O3/c1-3-7-15(11(2)16)8-6-13(17)14-10-12-5-4-9-18-12/h4-5,9H,3,6-8,10H2,1-2H3,(H,14,17). The molecule has 1 aromatic rings. The summed E-state index contributed by atoms with van der Waals surface area (Å²) in [6.07, 6.45) is 2.79. The highest BCUT2D eigenvalue weighted by Crippen LogP contribution is 1.99. The Morgan fingerprint density at radius 3 is 2.72 bits per heavy atom. The van der Waals surface area contributed by atoms with Crippen LogP contribution in [0.15, 0.2) is 22.8 Å². The maximum Gasteiger partial charge on any atom is 0.222 e. The number of nitrogens with zero attached hydrogens (tertiary/aromatic N) is 1. The van der Waals surface area contributed by atoms with E-state index in [4.69, 9.17) is 4.42 Å². The quantitative estimate of drug-likeness (QED) is 0.800. The number of rotatable bonds is 7. The lowest BCUT2D eigenvalue weighted by Gasteiger charge is -2.19. The average Bonchev–Trinajstić information content (AvgIpc) is 2.84. The van der Waals surface area contributed by atoms with Crippen LogP contribution in [0.4, 0.5) is 0 Å². The first-order valence-electron chi connectivity index (χ1n) is 6.18. The fraction of sp³-hybridized carbons (Fsp3) is 0.538. The lowest BCUT2D eigenvalue weighted by atomic mass is 10.3. The molecule has 0 aromatic carbocycles. The molecule has 1 rings (SSSR count). The van der Waals surface area contributed by atoms with Crippen LogP contribution in [0.5, 0.6) is 0 Å². The summed E-state index contributed by atoms with van der Waals surface area (Å²) < 4.78 is 5.11. The first kappa shape index (κ1) is 14.3. The summed E-state index contributed by atoms with van der Waals surface area (Å²) in [5, 5.41) is 2.75. The number of hydrogen-bond donors (Lipinski definition) is 1. The van der Waals surface area contributed by atoms with Crippen molar-refractivity contribution < 1.29 is 14.0 Å². The van der Waals surface area contributed by atoms with E-state index in [1.165, 1.54) is 6.92 Å². The lowest BCUT2D eigenvalue weighted by Crippen LogP contribution is -2.34. The van der Waals surface area contributed by atoms with Crippen molar-refractivity contribution in [1.29, 1.82) is 0 Å². The van der Waals surface area contributed by atoms with Gasteiger partial charge in [-0.15, -0.1) is 0 Å². The summed E-state index contributed by atoms with van der Waals surface area (Å²) in [4.78, 5) is 24.5. The van der Waals surface area contributed by atoms with E-state index < -0.39 is 0 Å². The molecule has 2 amide bonds. The zero-order valence-corrected chi connectivity index (χ0v) is 10.9. The van der Waals surface area contributed by atoms with E-state index in [0.29, 0.717) is 26.1 Å². The summed E-state index contributed by atoms with van der Waals surface area (Å²) in [6, 6.07) is 3.58. The van der Waals surface area contributed by atoms with Gasteiger partial charge in [0.25, 0.3) is 0 Å². The Morgan fingerprint density at radius 2 is 2.17 bits per heavy atom. The van der Waals surface area contributed by atoms with Crippen LogP contribution in [0.25, 0.3) is 0 Å². The largest absolute Gasteiger partial charge is 0.467 e. The number of carbonyl (C=O) groups excluding carboxylic acids is 2. The fourth-order valence-electron chi connectivity index (χ4n) is 1.62. The van der Waals surface area contributed by atoms with Crippen molar-refractivity contribution in [2.24, 2.45) is 0 Å². The number of hydrogen-bond acceptors (Lipinski definition) is 3. The Balaban J connectivity index is 2.25. The summed E-state index contributed by atoms with van der Waals surface area (Å²) in [5.74, 6) is 0.657. The summed E-state index contributed by atoms with van der Waals surface area (Å²) in [5.41, 5.74) is 0. The molecular weight excluding hydrogens is 232 g/mol. The maximum absolute atomic E-state index is 11.6. The Kier molecular flexibility index (Phi) is 5.97. The third-order valence-corrected chi connectivity index (χ3v) is 2.59. The van der Waals surface area contributed by atoms with E-state index in [9.17, 15) is 9.59 Å². The first-order chi connectivity index (χ1) is 8.63. The van der Waals surface area contributed by atoms with Gasteiger partial charge in [-0.05, 0) is 18.6 Å². The highest BCUT2D eigenvalue weighted by molar-refractivity contribution is 5.77. The van der Waals surface area contributed by atoms with Gasteiger partial charge in [0.2, 0.25) is 11.8 Å². The Morgan fingerprint density at radius 1 is 1.39 bits per heavy atom. The summed E-state index contributed by atoms with van der Waals surface area (Å²) in [6.45, 7) is 5.08. The molecule has 0 spiro atoms. The van der Waals surface area contributed by atoms with Crippen molar-refractivity contribution in [3.05, 3.63) is 24.2 Å². The normalized spacial score (nSPS) is 10.1. The van der Waals surface area contributed by atoms with Crippen molar-refractivity contribution >= 4 is 11.8 Å². The van der Waals surface area contributed by atoms with Gasteiger partial charge in [-0.3, -0.25) is 9.59 Å². The minimum atomic E-state index is -0.0752. The fourth-order valence-corrected chi connectivity index (χ4v) is 1.62. The highest BCUT2D eigenvalue weighted by Gasteiger charge is 2.10. The molecule has 1 N–H and O–H groups in total. The van der Waals surface area contributed by atoms with Gasteiger partial charge in [0.15, 0.2) is 0 Å². The van der Waals surface area contributed by atoms with Crippen LogP contribution in [0.2, 0.25) is 0 Å². The molecule has 1 aromatic heterocycles. The van der Waals surface area contributed by atoms with Crippen molar-refractivity contribution in [3.8, 4) is 0 Å². The van der Waals surface area contributed by atoms with Gasteiger partial charge in [-0.2, -0.15) is 0 Å². The second kappa shape index (κ2) is 7.53. The topological polar surface area (TPSA) is 62.6 Å². The summed E-state index contributed by atoms with van der Waals surface area (Å²) in [7, 11) is 0. The zero-order chi connectivity index (χ0) is 13.4. The Bertz CT molecular complexity index is 374. The van der Waals surface area contributed by atoms with Gasteiger partial charge < -0.3 is 14.6 Å². The molecule has 0 aliphatic rings. The minimum Gasteiger partial charge on any atom is -0.467 e. The molecule has 0 aliphatic heterocycles.